The van der Waals surface area contributed by atoms with Crippen LogP contribution in [0.1, 0.15) is 5.56 Å². The molecule has 0 saturated carbocycles. The lowest BCUT2D eigenvalue weighted by molar-refractivity contribution is 0.415. The van der Waals surface area contributed by atoms with Gasteiger partial charge in [0.05, 0.1) is 12.8 Å². The highest BCUT2D eigenvalue weighted by atomic mass is 16.5. The van der Waals surface area contributed by atoms with Crippen molar-refractivity contribution in [2.45, 2.75) is 0 Å². The molecule has 7 nitrogen and oxygen atoms in total. The molecule has 0 unspecified atom stereocenters. The number of ether oxygens (including phenoxy) is 1. The largest absolute Gasteiger partial charge is 0.497 e. The molecule has 0 aliphatic heterocycles. The lowest BCUT2D eigenvalue weighted by atomic mass is 10.1. The number of hydrogen-bond acceptors (Lipinski definition) is 6. The number of nitrogens with two attached hydrogens (primary N) is 1. The third-order valence-corrected chi connectivity index (χ3v) is 2.96. The Labute approximate surface area is 114 Å². The molecule has 3 aromatic rings. The third kappa shape index (κ3) is 1.71. The molecule has 0 aliphatic carbocycles. The van der Waals surface area contributed by atoms with Crippen LogP contribution >= 0.6 is 0 Å². The van der Waals surface area contributed by atoms with Crippen LogP contribution in [0, 0.1) is 11.3 Å². The zero-order chi connectivity index (χ0) is 14.1. The van der Waals surface area contributed by atoms with Gasteiger partial charge in [-0.3, -0.25) is 4.40 Å². The van der Waals surface area contributed by atoms with Crippen molar-refractivity contribution in [1.82, 2.24) is 19.6 Å². The molecule has 0 saturated heterocycles. The van der Waals surface area contributed by atoms with Gasteiger partial charge in [-0.2, -0.15) is 10.2 Å². The standard InChI is InChI=1S/C13H10N6O/c1-20-9-4-2-8(3-5-9)11-10(6-14)12(15)17-13-18-16-7-19(11)13/h2-5,7H,1H3,(H2,15,17,18). The fourth-order valence-electron chi connectivity index (χ4n) is 2.01. The molecular formula is C13H10N6O. The summed E-state index contributed by atoms with van der Waals surface area (Å²) < 4.78 is 6.76. The van der Waals surface area contributed by atoms with Gasteiger partial charge >= 0.3 is 0 Å². The van der Waals surface area contributed by atoms with Gasteiger partial charge < -0.3 is 10.5 Å². The van der Waals surface area contributed by atoms with Crippen LogP contribution in [0.25, 0.3) is 17.0 Å². The SMILES string of the molecule is COc1ccc(-c2c(C#N)c(N)nc3nncn23)cc1. The van der Waals surface area contributed by atoms with E-state index in [1.54, 1.807) is 11.5 Å². The molecule has 3 rings (SSSR count). The first kappa shape index (κ1) is 11.9. The van der Waals surface area contributed by atoms with Gasteiger partial charge in [0.1, 0.15) is 29.5 Å². The van der Waals surface area contributed by atoms with Gasteiger partial charge in [-0.25, -0.2) is 0 Å². The maximum Gasteiger partial charge on any atom is 0.257 e. The van der Waals surface area contributed by atoms with Gasteiger partial charge in [0.2, 0.25) is 0 Å². The lowest BCUT2D eigenvalue weighted by Gasteiger charge is -2.09. The minimum atomic E-state index is 0.138. The number of fused-ring (bicyclic) bond motifs is 1. The second-order valence-corrected chi connectivity index (χ2v) is 4.06. The molecule has 0 fully saturated rings. The monoisotopic (exact) mass is 266 g/mol. The second kappa shape index (κ2) is 4.51. The quantitative estimate of drug-likeness (QED) is 0.749. The van der Waals surface area contributed by atoms with Crippen molar-refractivity contribution >= 4 is 11.6 Å². The van der Waals surface area contributed by atoms with Crippen LogP contribution < -0.4 is 10.5 Å². The molecule has 0 amide bonds. The van der Waals surface area contributed by atoms with Crippen molar-refractivity contribution in [3.63, 3.8) is 0 Å². The number of methoxy groups -OCH3 is 1. The smallest absolute Gasteiger partial charge is 0.257 e. The maximum absolute atomic E-state index is 9.31. The van der Waals surface area contributed by atoms with Crippen LogP contribution in [0.2, 0.25) is 0 Å². The summed E-state index contributed by atoms with van der Waals surface area (Å²) in [4.78, 5) is 4.05. The highest BCUT2D eigenvalue weighted by molar-refractivity contribution is 5.74. The van der Waals surface area contributed by atoms with E-state index in [-0.39, 0.29) is 5.82 Å². The highest BCUT2D eigenvalue weighted by Gasteiger charge is 2.16. The van der Waals surface area contributed by atoms with Gasteiger partial charge in [0.25, 0.3) is 5.78 Å². The molecule has 0 radical (unpaired) electrons. The summed E-state index contributed by atoms with van der Waals surface area (Å²) in [7, 11) is 1.60. The number of benzene rings is 1. The summed E-state index contributed by atoms with van der Waals surface area (Å²) >= 11 is 0. The van der Waals surface area contributed by atoms with Crippen molar-refractivity contribution in [1.29, 1.82) is 5.26 Å². The minimum Gasteiger partial charge on any atom is -0.497 e. The summed E-state index contributed by atoms with van der Waals surface area (Å²) in [5, 5.41) is 17.0. The number of nitrogen functional groups attached to an aromatic ring is 1. The van der Waals surface area contributed by atoms with Gasteiger partial charge in [0.15, 0.2) is 0 Å². The molecule has 0 spiro atoms. The molecule has 0 bridgehead atoms. The van der Waals surface area contributed by atoms with Crippen LogP contribution in [0.15, 0.2) is 30.6 Å². The van der Waals surface area contributed by atoms with Crippen LogP contribution in [0.3, 0.4) is 0 Å². The fraction of sp³-hybridized carbons (Fsp3) is 0.0769. The van der Waals surface area contributed by atoms with E-state index < -0.39 is 0 Å². The zero-order valence-electron chi connectivity index (χ0n) is 10.6. The molecule has 7 heteroatoms. The highest BCUT2D eigenvalue weighted by Crippen LogP contribution is 2.28. The Kier molecular flexibility index (Phi) is 2.69. The first-order valence-corrected chi connectivity index (χ1v) is 5.78. The number of hydrogen-bond donors (Lipinski definition) is 1. The molecule has 98 valence electrons. The Morgan fingerprint density at radius 1 is 1.30 bits per heavy atom. The summed E-state index contributed by atoms with van der Waals surface area (Å²) in [5.74, 6) is 1.22. The van der Waals surface area contributed by atoms with Crippen LogP contribution in [0.5, 0.6) is 5.75 Å². The minimum absolute atomic E-state index is 0.138. The predicted molar refractivity (Wildman–Crippen MR) is 71.9 cm³/mol. The molecule has 2 N–H and O–H groups in total. The Morgan fingerprint density at radius 2 is 2.05 bits per heavy atom. The van der Waals surface area contributed by atoms with Gasteiger partial charge in [0, 0.05) is 5.56 Å². The summed E-state index contributed by atoms with van der Waals surface area (Å²) in [6.45, 7) is 0. The van der Waals surface area contributed by atoms with Crippen molar-refractivity contribution < 1.29 is 4.74 Å². The van der Waals surface area contributed by atoms with E-state index in [0.717, 1.165) is 11.3 Å². The topological polar surface area (TPSA) is 102 Å². The molecule has 2 heterocycles. The van der Waals surface area contributed by atoms with Crippen LogP contribution in [-0.4, -0.2) is 26.7 Å². The Balaban J connectivity index is 2.32. The molecule has 0 atom stereocenters. The first-order valence-electron chi connectivity index (χ1n) is 5.78. The van der Waals surface area contributed by atoms with E-state index in [0.29, 0.717) is 17.0 Å². The Morgan fingerprint density at radius 3 is 2.70 bits per heavy atom. The Hall–Kier alpha value is -3.14. The van der Waals surface area contributed by atoms with E-state index in [1.807, 2.05) is 24.3 Å². The van der Waals surface area contributed by atoms with Crippen molar-refractivity contribution in [3.05, 3.63) is 36.2 Å². The maximum atomic E-state index is 9.31. The van der Waals surface area contributed by atoms with Crippen LogP contribution in [-0.2, 0) is 0 Å². The summed E-state index contributed by atoms with van der Waals surface area (Å²) in [5.41, 5.74) is 7.53. The number of nitriles is 1. The van der Waals surface area contributed by atoms with Crippen LogP contribution in [0.4, 0.5) is 5.82 Å². The van der Waals surface area contributed by atoms with E-state index in [1.165, 1.54) is 6.33 Å². The van der Waals surface area contributed by atoms with E-state index in [9.17, 15) is 5.26 Å². The number of rotatable bonds is 2. The van der Waals surface area contributed by atoms with Gasteiger partial charge in [-0.1, -0.05) is 0 Å². The van der Waals surface area contributed by atoms with Gasteiger partial charge in [-0.15, -0.1) is 10.2 Å². The normalized spacial score (nSPS) is 10.4. The average molecular weight is 266 g/mol. The number of nitrogens with zero attached hydrogens (tertiary/aromatic N) is 5. The molecule has 0 aliphatic rings. The zero-order valence-corrected chi connectivity index (χ0v) is 10.6. The lowest BCUT2D eigenvalue weighted by Crippen LogP contribution is -2.04. The molecule has 1 aromatic carbocycles. The van der Waals surface area contributed by atoms with Crippen molar-refractivity contribution in [2.75, 3.05) is 12.8 Å². The van der Waals surface area contributed by atoms with E-state index >= 15 is 0 Å². The fourth-order valence-corrected chi connectivity index (χ4v) is 2.01. The first-order chi connectivity index (χ1) is 9.74. The molecule has 20 heavy (non-hydrogen) atoms. The summed E-state index contributed by atoms with van der Waals surface area (Å²) in [6, 6.07) is 9.38. The molecule has 2 aromatic heterocycles. The van der Waals surface area contributed by atoms with E-state index in [2.05, 4.69) is 21.3 Å². The number of aromatic nitrogens is 4. The predicted octanol–water partition coefficient (Wildman–Crippen LogP) is 1.25. The van der Waals surface area contributed by atoms with Crippen molar-refractivity contribution in [3.8, 4) is 23.1 Å². The van der Waals surface area contributed by atoms with Crippen molar-refractivity contribution in [2.24, 2.45) is 0 Å². The van der Waals surface area contributed by atoms with Gasteiger partial charge in [-0.05, 0) is 24.3 Å². The Bertz CT molecular complexity index is 815. The molecular weight excluding hydrogens is 256 g/mol. The third-order valence-electron chi connectivity index (χ3n) is 2.96. The number of anilines is 1. The average Bonchev–Trinajstić information content (AvgIpc) is 2.93. The van der Waals surface area contributed by atoms with E-state index in [4.69, 9.17) is 10.5 Å². The summed E-state index contributed by atoms with van der Waals surface area (Å²) in [6.07, 6.45) is 1.50. The second-order valence-electron chi connectivity index (χ2n) is 4.06.